The van der Waals surface area contributed by atoms with E-state index in [1.54, 1.807) is 10.9 Å². The molecule has 2 aliphatic heterocycles. The highest BCUT2D eigenvalue weighted by atomic mass is 32.1. The Hall–Kier alpha value is -2.08. The van der Waals surface area contributed by atoms with Crippen molar-refractivity contribution >= 4 is 17.2 Å². The maximum atomic E-state index is 12.1. The van der Waals surface area contributed by atoms with Crippen LogP contribution in [0.2, 0.25) is 0 Å². The highest BCUT2D eigenvalue weighted by molar-refractivity contribution is 7.07. The molecule has 2 fully saturated rings. The molecule has 3 heterocycles. The van der Waals surface area contributed by atoms with Gasteiger partial charge in [-0.05, 0) is 17.7 Å². The molecule has 1 amide bonds. The number of hydrogen-bond donors (Lipinski definition) is 3. The Balaban J connectivity index is 1.22. The zero-order chi connectivity index (χ0) is 22.4. The molecule has 0 aliphatic carbocycles. The summed E-state index contributed by atoms with van der Waals surface area (Å²) in [7, 11) is 0. The second kappa shape index (κ2) is 10.7. The summed E-state index contributed by atoms with van der Waals surface area (Å²) in [6, 6.07) is 7.89. The van der Waals surface area contributed by atoms with Crippen molar-refractivity contribution in [1.29, 1.82) is 0 Å². The first-order valence-corrected chi connectivity index (χ1v) is 11.8. The number of amides is 1. The van der Waals surface area contributed by atoms with Gasteiger partial charge in [0.15, 0.2) is 0 Å². The van der Waals surface area contributed by atoms with Gasteiger partial charge in [-0.3, -0.25) is 14.6 Å². The number of β-amino-alcohol motifs (C(OH)–C–C–N with tert-alkyl or cyclic N) is 2. The third-order valence-corrected chi connectivity index (χ3v) is 6.46. The van der Waals surface area contributed by atoms with Crippen LogP contribution in [0, 0.1) is 0 Å². The highest BCUT2D eigenvalue weighted by Crippen LogP contribution is 2.24. The van der Waals surface area contributed by atoms with Gasteiger partial charge >= 0.3 is 0 Å². The first-order valence-electron chi connectivity index (χ1n) is 10.8. The Labute approximate surface area is 191 Å². The number of aliphatic hydroxyl groups excluding tert-OH is 1. The Morgan fingerprint density at radius 3 is 2.78 bits per heavy atom. The van der Waals surface area contributed by atoms with E-state index in [2.05, 4.69) is 15.2 Å². The van der Waals surface area contributed by atoms with Crippen molar-refractivity contribution in [2.75, 3.05) is 59.1 Å². The van der Waals surface area contributed by atoms with Crippen LogP contribution in [0.5, 0.6) is 5.75 Å². The summed E-state index contributed by atoms with van der Waals surface area (Å²) in [5, 5.41) is 25.6. The molecule has 0 saturated carbocycles. The largest absolute Gasteiger partial charge is 0.492 e. The number of aromatic nitrogens is 1. The molecule has 0 radical (unpaired) electrons. The number of carbonyl (C=O) groups is 1. The fraction of sp³-hybridized carbons (Fsp3) is 0.545. The molecule has 2 aromatic rings. The van der Waals surface area contributed by atoms with E-state index in [9.17, 15) is 15.0 Å². The zero-order valence-corrected chi connectivity index (χ0v) is 18.8. The third-order valence-electron chi connectivity index (χ3n) is 5.88. The number of ether oxygens (including phenoxy) is 2. The number of hydrogen-bond acceptors (Lipinski definition) is 9. The molecule has 0 spiro atoms. The average Bonchev–Trinajstić information content (AvgIpc) is 3.43. The summed E-state index contributed by atoms with van der Waals surface area (Å²) in [5.41, 5.74) is 1.56. The van der Waals surface area contributed by atoms with Crippen LogP contribution in [-0.4, -0.2) is 102 Å². The van der Waals surface area contributed by atoms with Crippen LogP contribution in [0.25, 0.3) is 0 Å². The number of morpholine rings is 1. The summed E-state index contributed by atoms with van der Waals surface area (Å²) < 4.78 is 11.2. The lowest BCUT2D eigenvalue weighted by molar-refractivity contribution is -0.0377. The molecule has 1 aromatic carbocycles. The average molecular weight is 463 g/mol. The van der Waals surface area contributed by atoms with Crippen molar-refractivity contribution in [3.63, 3.8) is 0 Å². The summed E-state index contributed by atoms with van der Waals surface area (Å²) in [6.07, 6.45) is -0.943. The van der Waals surface area contributed by atoms with Crippen LogP contribution in [-0.2, 0) is 11.3 Å². The smallest absolute Gasteiger partial charge is 0.270 e. The molecule has 174 valence electrons. The fourth-order valence-electron chi connectivity index (χ4n) is 3.98. The zero-order valence-electron chi connectivity index (χ0n) is 18.0. The lowest BCUT2D eigenvalue weighted by atomic mass is 10.0. The number of aliphatic hydroxyl groups is 2. The number of rotatable bonds is 9. The van der Waals surface area contributed by atoms with Gasteiger partial charge in [-0.2, -0.15) is 0 Å². The molecule has 32 heavy (non-hydrogen) atoms. The van der Waals surface area contributed by atoms with E-state index in [1.165, 1.54) is 11.3 Å². The first kappa shape index (κ1) is 23.1. The molecule has 10 heteroatoms. The monoisotopic (exact) mass is 462 g/mol. The molecular weight excluding hydrogens is 432 g/mol. The maximum Gasteiger partial charge on any atom is 0.270 e. The number of nitrogens with one attached hydrogen (secondary N) is 1. The summed E-state index contributed by atoms with van der Waals surface area (Å²) in [6.45, 7) is 6.15. The van der Waals surface area contributed by atoms with Gasteiger partial charge in [0, 0.05) is 44.6 Å². The Morgan fingerprint density at radius 1 is 1.28 bits per heavy atom. The van der Waals surface area contributed by atoms with Crippen molar-refractivity contribution in [2.45, 2.75) is 18.2 Å². The van der Waals surface area contributed by atoms with Crippen LogP contribution in [0.1, 0.15) is 16.1 Å². The number of benzene rings is 1. The van der Waals surface area contributed by atoms with E-state index in [0.717, 1.165) is 44.2 Å². The molecule has 2 aliphatic rings. The van der Waals surface area contributed by atoms with Gasteiger partial charge in [0.05, 0.1) is 31.4 Å². The van der Waals surface area contributed by atoms with E-state index in [-0.39, 0.29) is 19.0 Å². The standard InChI is InChI=1S/C22H30N4O5S/c27-20-12-26(15-22(20,29)14-23-21(28)19-13-32-16-24-19)11-17-1-3-18(4-2-17)31-10-7-25-5-8-30-9-6-25/h1-4,13,16,20,27,29H,5-12,14-15H2,(H,23,28)/t20-,22+/m1/s1. The summed E-state index contributed by atoms with van der Waals surface area (Å²) in [4.78, 5) is 20.4. The second-order valence-corrected chi connectivity index (χ2v) is 9.01. The summed E-state index contributed by atoms with van der Waals surface area (Å²) >= 11 is 1.33. The number of nitrogens with zero attached hydrogens (tertiary/aromatic N) is 3. The SMILES string of the molecule is O=C(NC[C@]1(O)CN(Cc2ccc(OCCN3CCOCC3)cc2)C[C@H]1O)c1cscn1. The molecule has 3 N–H and O–H groups in total. The van der Waals surface area contributed by atoms with Crippen LogP contribution < -0.4 is 10.1 Å². The Kier molecular flexibility index (Phi) is 7.71. The van der Waals surface area contributed by atoms with Crippen molar-refractivity contribution in [3.05, 3.63) is 46.4 Å². The van der Waals surface area contributed by atoms with Gasteiger partial charge < -0.3 is 25.0 Å². The predicted molar refractivity (Wildman–Crippen MR) is 120 cm³/mol. The molecule has 2 saturated heterocycles. The van der Waals surface area contributed by atoms with Crippen LogP contribution in [0.3, 0.4) is 0 Å². The van der Waals surface area contributed by atoms with Gasteiger partial charge in [0.2, 0.25) is 0 Å². The van der Waals surface area contributed by atoms with Crippen molar-refractivity contribution in [3.8, 4) is 5.75 Å². The number of thiazole rings is 1. The van der Waals surface area contributed by atoms with E-state index in [0.29, 0.717) is 25.4 Å². The van der Waals surface area contributed by atoms with Crippen molar-refractivity contribution in [2.24, 2.45) is 0 Å². The van der Waals surface area contributed by atoms with Gasteiger partial charge in [-0.25, -0.2) is 4.98 Å². The van der Waals surface area contributed by atoms with Gasteiger partial charge in [0.25, 0.3) is 5.91 Å². The quantitative estimate of drug-likeness (QED) is 0.485. The molecular formula is C22H30N4O5S. The lowest BCUT2D eigenvalue weighted by Crippen LogP contribution is -2.51. The minimum Gasteiger partial charge on any atom is -0.492 e. The highest BCUT2D eigenvalue weighted by Gasteiger charge is 2.44. The van der Waals surface area contributed by atoms with Crippen LogP contribution in [0.15, 0.2) is 35.2 Å². The third kappa shape index (κ3) is 6.03. The normalized spacial score (nSPS) is 24.5. The molecule has 4 rings (SSSR count). The Morgan fingerprint density at radius 2 is 2.06 bits per heavy atom. The van der Waals surface area contributed by atoms with Crippen LogP contribution >= 0.6 is 11.3 Å². The molecule has 0 unspecified atom stereocenters. The summed E-state index contributed by atoms with van der Waals surface area (Å²) in [5.74, 6) is 0.472. The predicted octanol–water partition coefficient (Wildman–Crippen LogP) is 0.192. The second-order valence-electron chi connectivity index (χ2n) is 8.29. The molecule has 2 atom stereocenters. The van der Waals surface area contributed by atoms with Gasteiger partial charge in [0.1, 0.15) is 23.7 Å². The van der Waals surface area contributed by atoms with Gasteiger partial charge in [-0.15, -0.1) is 11.3 Å². The molecule has 0 bridgehead atoms. The minimum atomic E-state index is -1.39. The van der Waals surface area contributed by atoms with Gasteiger partial charge in [-0.1, -0.05) is 12.1 Å². The van der Waals surface area contributed by atoms with E-state index >= 15 is 0 Å². The van der Waals surface area contributed by atoms with Crippen LogP contribution in [0.4, 0.5) is 0 Å². The first-order chi connectivity index (χ1) is 15.5. The van der Waals surface area contributed by atoms with Crippen molar-refractivity contribution < 1.29 is 24.5 Å². The van der Waals surface area contributed by atoms with Crippen molar-refractivity contribution in [1.82, 2.24) is 20.1 Å². The van der Waals surface area contributed by atoms with E-state index in [4.69, 9.17) is 9.47 Å². The Bertz CT molecular complexity index is 860. The number of carbonyl (C=O) groups excluding carboxylic acids is 1. The number of likely N-dealkylation sites (tertiary alicyclic amines) is 1. The minimum absolute atomic E-state index is 0.0308. The molecule has 1 aromatic heterocycles. The topological polar surface area (TPSA) is 107 Å². The molecule has 9 nitrogen and oxygen atoms in total. The van der Waals surface area contributed by atoms with E-state index in [1.807, 2.05) is 29.2 Å². The van der Waals surface area contributed by atoms with E-state index < -0.39 is 11.7 Å². The lowest BCUT2D eigenvalue weighted by Gasteiger charge is -2.26. The fourth-order valence-corrected chi connectivity index (χ4v) is 4.51. The maximum absolute atomic E-state index is 12.1.